The normalized spacial score (nSPS) is 26.7. The molecule has 1 saturated carbocycles. The lowest BCUT2D eigenvalue weighted by Gasteiger charge is -2.24. The first-order valence-corrected chi connectivity index (χ1v) is 8.14. The van der Waals surface area contributed by atoms with Gasteiger partial charge >= 0.3 is 0 Å². The van der Waals surface area contributed by atoms with E-state index in [2.05, 4.69) is 15.2 Å². The van der Waals surface area contributed by atoms with E-state index in [4.69, 9.17) is 4.52 Å². The maximum Gasteiger partial charge on any atom is 0.234 e. The van der Waals surface area contributed by atoms with E-state index in [1.807, 2.05) is 24.9 Å². The summed E-state index contributed by atoms with van der Waals surface area (Å²) in [6.45, 7) is 3.32. The van der Waals surface area contributed by atoms with E-state index in [1.165, 1.54) is 0 Å². The summed E-state index contributed by atoms with van der Waals surface area (Å²) in [7, 11) is 1.87. The molecule has 2 aliphatic rings. The van der Waals surface area contributed by atoms with Crippen LogP contribution in [0.4, 0.5) is 0 Å². The van der Waals surface area contributed by atoms with Gasteiger partial charge in [-0.2, -0.15) is 10.1 Å². The minimum absolute atomic E-state index is 0.136. The summed E-state index contributed by atoms with van der Waals surface area (Å²) in [5.74, 6) is 1.96. The monoisotopic (exact) mass is 315 g/mol. The second-order valence-corrected chi connectivity index (χ2v) is 6.79. The number of fused-ring (bicyclic) bond motifs is 1. The molecule has 2 aromatic heterocycles. The molecule has 0 radical (unpaired) electrons. The van der Waals surface area contributed by atoms with Crippen LogP contribution in [0.1, 0.15) is 36.7 Å². The lowest BCUT2D eigenvalue weighted by Crippen LogP contribution is -2.35. The van der Waals surface area contributed by atoms with E-state index in [1.54, 1.807) is 10.9 Å². The van der Waals surface area contributed by atoms with Crippen LogP contribution < -0.4 is 0 Å². The van der Waals surface area contributed by atoms with E-state index in [-0.39, 0.29) is 11.3 Å². The summed E-state index contributed by atoms with van der Waals surface area (Å²) >= 11 is 0. The second kappa shape index (κ2) is 5.18. The Bertz CT molecular complexity index is 736. The van der Waals surface area contributed by atoms with Crippen LogP contribution in [-0.2, 0) is 23.7 Å². The summed E-state index contributed by atoms with van der Waals surface area (Å²) in [6, 6.07) is 1.89. The van der Waals surface area contributed by atoms with Crippen LogP contribution in [0.5, 0.6) is 0 Å². The molecule has 4 rings (SSSR count). The number of likely N-dealkylation sites (tertiary alicyclic amines) is 1. The third-order valence-corrected chi connectivity index (χ3v) is 5.43. The van der Waals surface area contributed by atoms with Gasteiger partial charge in [0.15, 0.2) is 5.82 Å². The zero-order valence-corrected chi connectivity index (χ0v) is 13.5. The van der Waals surface area contributed by atoms with Gasteiger partial charge in [0.25, 0.3) is 0 Å². The van der Waals surface area contributed by atoms with Crippen molar-refractivity contribution >= 4 is 5.91 Å². The van der Waals surface area contributed by atoms with Crippen molar-refractivity contribution in [1.82, 2.24) is 24.8 Å². The summed E-state index contributed by atoms with van der Waals surface area (Å²) in [5, 5.41) is 8.09. The fraction of sp³-hybridized carbons (Fsp3) is 0.625. The molecule has 1 saturated heterocycles. The molecular weight excluding hydrogens is 294 g/mol. The number of hydrogen-bond acceptors (Lipinski definition) is 5. The number of hydrogen-bond donors (Lipinski definition) is 0. The molecule has 0 aromatic carbocycles. The Morgan fingerprint density at radius 1 is 1.52 bits per heavy atom. The molecule has 1 aliphatic carbocycles. The molecule has 7 nitrogen and oxygen atoms in total. The highest BCUT2D eigenvalue weighted by Crippen LogP contribution is 2.49. The Hall–Kier alpha value is -2.18. The van der Waals surface area contributed by atoms with Gasteiger partial charge in [-0.3, -0.25) is 9.48 Å². The minimum Gasteiger partial charge on any atom is -0.341 e. The van der Waals surface area contributed by atoms with E-state index < -0.39 is 0 Å². The van der Waals surface area contributed by atoms with Crippen LogP contribution >= 0.6 is 0 Å². The molecule has 23 heavy (non-hydrogen) atoms. The molecule has 1 amide bonds. The van der Waals surface area contributed by atoms with Crippen molar-refractivity contribution in [1.29, 1.82) is 0 Å². The first kappa shape index (κ1) is 14.4. The highest BCUT2D eigenvalue weighted by Gasteiger charge is 2.55. The molecule has 2 atom stereocenters. The Labute approximate surface area is 134 Å². The molecule has 122 valence electrons. The standard InChI is InChI=1S/C16H21N5O2/c1-11-18-15(23-19-11)16-6-3-4-12(16)9-21(10-16)14(22)8-13-5-7-17-20(13)2/h5,7,12H,3-4,6,8-10H2,1-2H3/t12-,16-/m0/s1. The Balaban J connectivity index is 1.55. The van der Waals surface area contributed by atoms with E-state index in [0.717, 1.165) is 31.5 Å². The third-order valence-electron chi connectivity index (χ3n) is 5.43. The van der Waals surface area contributed by atoms with Crippen LogP contribution in [0.15, 0.2) is 16.8 Å². The summed E-state index contributed by atoms with van der Waals surface area (Å²) in [4.78, 5) is 19.1. The van der Waals surface area contributed by atoms with Gasteiger partial charge in [-0.15, -0.1) is 0 Å². The maximum atomic E-state index is 12.7. The first-order valence-electron chi connectivity index (χ1n) is 8.14. The van der Waals surface area contributed by atoms with Gasteiger partial charge < -0.3 is 9.42 Å². The second-order valence-electron chi connectivity index (χ2n) is 6.79. The topological polar surface area (TPSA) is 77.0 Å². The number of amides is 1. The summed E-state index contributed by atoms with van der Waals surface area (Å²) in [6.07, 6.45) is 5.42. The molecule has 0 spiro atoms. The quantitative estimate of drug-likeness (QED) is 0.851. The van der Waals surface area contributed by atoms with Crippen molar-refractivity contribution < 1.29 is 9.32 Å². The zero-order chi connectivity index (χ0) is 16.0. The molecule has 3 heterocycles. The first-order chi connectivity index (χ1) is 11.1. The SMILES string of the molecule is Cc1noc([C@]23CCC[C@H]2CN(C(=O)Cc2ccnn2C)C3)n1. The Morgan fingerprint density at radius 2 is 2.39 bits per heavy atom. The zero-order valence-electron chi connectivity index (χ0n) is 13.5. The Morgan fingerprint density at radius 3 is 3.09 bits per heavy atom. The number of carbonyl (C=O) groups excluding carboxylic acids is 1. The minimum atomic E-state index is -0.136. The van der Waals surface area contributed by atoms with Crippen LogP contribution in [0, 0.1) is 12.8 Å². The van der Waals surface area contributed by atoms with Crippen molar-refractivity contribution in [3.8, 4) is 0 Å². The number of aromatic nitrogens is 4. The van der Waals surface area contributed by atoms with Crippen molar-refractivity contribution in [3.05, 3.63) is 29.7 Å². The van der Waals surface area contributed by atoms with Gasteiger partial charge in [-0.25, -0.2) is 0 Å². The lowest BCUT2D eigenvalue weighted by atomic mass is 9.80. The largest absolute Gasteiger partial charge is 0.341 e. The van der Waals surface area contributed by atoms with Crippen LogP contribution in [0.2, 0.25) is 0 Å². The molecule has 0 bridgehead atoms. The van der Waals surface area contributed by atoms with Crippen LogP contribution in [0.3, 0.4) is 0 Å². The van der Waals surface area contributed by atoms with Gasteiger partial charge in [0, 0.05) is 32.0 Å². The van der Waals surface area contributed by atoms with Gasteiger partial charge in [-0.05, 0) is 31.7 Å². The molecule has 2 aromatic rings. The number of carbonyl (C=O) groups is 1. The predicted molar refractivity (Wildman–Crippen MR) is 81.5 cm³/mol. The fourth-order valence-electron chi connectivity index (χ4n) is 4.17. The van der Waals surface area contributed by atoms with Crippen molar-refractivity contribution in [2.45, 2.75) is 38.0 Å². The highest BCUT2D eigenvalue weighted by molar-refractivity contribution is 5.79. The summed E-state index contributed by atoms with van der Waals surface area (Å²) in [5.41, 5.74) is 0.804. The molecule has 7 heteroatoms. The number of aryl methyl sites for hydroxylation is 2. The fourth-order valence-corrected chi connectivity index (χ4v) is 4.17. The molecule has 0 unspecified atom stereocenters. The van der Waals surface area contributed by atoms with E-state index >= 15 is 0 Å². The van der Waals surface area contributed by atoms with E-state index in [9.17, 15) is 4.79 Å². The number of rotatable bonds is 3. The van der Waals surface area contributed by atoms with Crippen molar-refractivity contribution in [2.75, 3.05) is 13.1 Å². The van der Waals surface area contributed by atoms with Crippen LogP contribution in [-0.4, -0.2) is 43.8 Å². The van der Waals surface area contributed by atoms with Gasteiger partial charge in [0.2, 0.25) is 11.8 Å². The molecule has 1 aliphatic heterocycles. The Kier molecular flexibility index (Phi) is 3.25. The molecule has 0 N–H and O–H groups in total. The lowest BCUT2D eigenvalue weighted by molar-refractivity contribution is -0.129. The van der Waals surface area contributed by atoms with Gasteiger partial charge in [-0.1, -0.05) is 11.6 Å². The van der Waals surface area contributed by atoms with Gasteiger partial charge in [0.05, 0.1) is 11.8 Å². The average Bonchev–Trinajstić information content (AvgIpc) is 3.23. The van der Waals surface area contributed by atoms with Crippen molar-refractivity contribution in [3.63, 3.8) is 0 Å². The highest BCUT2D eigenvalue weighted by atomic mass is 16.5. The maximum absolute atomic E-state index is 12.7. The summed E-state index contributed by atoms with van der Waals surface area (Å²) < 4.78 is 7.25. The third kappa shape index (κ3) is 2.26. The molecular formula is C16H21N5O2. The smallest absolute Gasteiger partial charge is 0.234 e. The average molecular weight is 315 g/mol. The van der Waals surface area contributed by atoms with Gasteiger partial charge in [0.1, 0.15) is 0 Å². The van der Waals surface area contributed by atoms with E-state index in [0.29, 0.717) is 30.6 Å². The van der Waals surface area contributed by atoms with Crippen molar-refractivity contribution in [2.24, 2.45) is 13.0 Å². The number of nitrogens with zero attached hydrogens (tertiary/aromatic N) is 5. The van der Waals surface area contributed by atoms with Crippen LogP contribution in [0.25, 0.3) is 0 Å². The predicted octanol–water partition coefficient (Wildman–Crippen LogP) is 1.23. The molecule has 2 fully saturated rings.